The van der Waals surface area contributed by atoms with Crippen molar-refractivity contribution in [3.05, 3.63) is 71.9 Å². The first-order chi connectivity index (χ1) is 13.5. The molecule has 0 saturated carbocycles. The Labute approximate surface area is 162 Å². The second-order valence-corrected chi connectivity index (χ2v) is 6.77. The summed E-state index contributed by atoms with van der Waals surface area (Å²) >= 11 is 0. The quantitative estimate of drug-likeness (QED) is 0.570. The third-order valence-electron chi connectivity index (χ3n) is 4.38. The van der Waals surface area contributed by atoms with Gasteiger partial charge in [0, 0.05) is 42.3 Å². The van der Waals surface area contributed by atoms with Crippen LogP contribution in [0.25, 0.3) is 22.7 Å². The number of carbonyl (C=O) groups excluding carboxylic acids is 1. The highest BCUT2D eigenvalue weighted by atomic mass is 16.3. The number of amides is 1. The van der Waals surface area contributed by atoms with E-state index in [4.69, 9.17) is 4.42 Å². The number of hydrogen-bond donors (Lipinski definition) is 1. The van der Waals surface area contributed by atoms with Gasteiger partial charge in [0.1, 0.15) is 0 Å². The van der Waals surface area contributed by atoms with E-state index in [-0.39, 0.29) is 5.91 Å². The van der Waals surface area contributed by atoms with Crippen molar-refractivity contribution in [2.24, 2.45) is 0 Å². The minimum absolute atomic E-state index is 0.171. The monoisotopic (exact) mass is 372 g/mol. The third-order valence-corrected chi connectivity index (χ3v) is 4.38. The van der Waals surface area contributed by atoms with Crippen LogP contribution in [0.1, 0.15) is 16.1 Å². The van der Waals surface area contributed by atoms with Gasteiger partial charge in [-0.2, -0.15) is 4.98 Å². The minimum atomic E-state index is -0.171. The fourth-order valence-electron chi connectivity index (χ4n) is 2.90. The van der Waals surface area contributed by atoms with E-state index in [2.05, 4.69) is 15.3 Å². The van der Waals surface area contributed by atoms with E-state index in [1.807, 2.05) is 80.5 Å². The van der Waals surface area contributed by atoms with Crippen molar-refractivity contribution in [1.29, 1.82) is 0 Å². The molecule has 4 aromatic rings. The Kier molecular flexibility index (Phi) is 4.53. The van der Waals surface area contributed by atoms with Gasteiger partial charge in [-0.05, 0) is 55.5 Å². The van der Waals surface area contributed by atoms with Crippen molar-refractivity contribution in [1.82, 2.24) is 9.97 Å². The Morgan fingerprint density at radius 1 is 1.00 bits per heavy atom. The predicted octanol–water partition coefficient (Wildman–Crippen LogP) is 4.52. The van der Waals surface area contributed by atoms with E-state index < -0.39 is 0 Å². The summed E-state index contributed by atoms with van der Waals surface area (Å²) in [5.41, 5.74) is 5.10. The molecule has 0 saturated heterocycles. The van der Waals surface area contributed by atoms with Crippen LogP contribution in [0.15, 0.2) is 65.1 Å². The summed E-state index contributed by atoms with van der Waals surface area (Å²) in [4.78, 5) is 23.4. The van der Waals surface area contributed by atoms with E-state index in [1.54, 1.807) is 6.07 Å². The fraction of sp³-hybridized carbons (Fsp3) is 0.136. The van der Waals surface area contributed by atoms with Crippen LogP contribution in [0.2, 0.25) is 0 Å². The summed E-state index contributed by atoms with van der Waals surface area (Å²) in [6.07, 6.45) is 0. The molecule has 6 nitrogen and oxygen atoms in total. The molecule has 4 rings (SSSR count). The molecule has 0 aliphatic rings. The standard InChI is InChI=1S/C22H20N4O2/c1-14-10-11-19-20(23-14)25-22(28-19)16-7-4-8-17(12-16)24-21(27)15-6-5-9-18(13-15)26(2)3/h4-13H,1-3H3,(H,24,27). The van der Waals surface area contributed by atoms with Gasteiger partial charge in [0.05, 0.1) is 0 Å². The van der Waals surface area contributed by atoms with Crippen molar-refractivity contribution in [2.75, 3.05) is 24.3 Å². The lowest BCUT2D eigenvalue weighted by atomic mass is 10.1. The Morgan fingerprint density at radius 3 is 2.64 bits per heavy atom. The molecule has 0 atom stereocenters. The SMILES string of the molecule is Cc1ccc2oc(-c3cccc(NC(=O)c4cccc(N(C)C)c4)c3)nc2n1. The predicted molar refractivity (Wildman–Crippen MR) is 111 cm³/mol. The smallest absolute Gasteiger partial charge is 0.255 e. The molecule has 28 heavy (non-hydrogen) atoms. The Balaban J connectivity index is 1.59. The summed E-state index contributed by atoms with van der Waals surface area (Å²) in [6, 6.07) is 18.6. The zero-order chi connectivity index (χ0) is 19.7. The van der Waals surface area contributed by atoms with Gasteiger partial charge in [-0.15, -0.1) is 0 Å². The summed E-state index contributed by atoms with van der Waals surface area (Å²) in [5.74, 6) is 0.300. The maximum absolute atomic E-state index is 12.6. The van der Waals surface area contributed by atoms with E-state index in [0.717, 1.165) is 16.9 Å². The zero-order valence-electron chi connectivity index (χ0n) is 15.9. The number of benzene rings is 2. The number of anilines is 2. The second kappa shape index (κ2) is 7.15. The molecule has 2 heterocycles. The van der Waals surface area contributed by atoms with Crippen LogP contribution >= 0.6 is 0 Å². The molecule has 0 spiro atoms. The molecule has 2 aromatic carbocycles. The lowest BCUT2D eigenvalue weighted by Crippen LogP contribution is -2.14. The van der Waals surface area contributed by atoms with E-state index in [0.29, 0.717) is 28.4 Å². The van der Waals surface area contributed by atoms with Gasteiger partial charge in [-0.3, -0.25) is 4.79 Å². The number of rotatable bonds is 4. The lowest BCUT2D eigenvalue weighted by Gasteiger charge is -2.13. The molecule has 2 aromatic heterocycles. The lowest BCUT2D eigenvalue weighted by molar-refractivity contribution is 0.102. The largest absolute Gasteiger partial charge is 0.434 e. The molecule has 1 amide bonds. The number of nitrogens with one attached hydrogen (secondary N) is 1. The van der Waals surface area contributed by atoms with Crippen LogP contribution in [0.4, 0.5) is 11.4 Å². The first kappa shape index (κ1) is 17.7. The van der Waals surface area contributed by atoms with E-state index in [9.17, 15) is 4.79 Å². The van der Waals surface area contributed by atoms with Crippen molar-refractivity contribution in [3.8, 4) is 11.5 Å². The van der Waals surface area contributed by atoms with Gasteiger partial charge >= 0.3 is 0 Å². The highest BCUT2D eigenvalue weighted by Crippen LogP contribution is 2.26. The minimum Gasteiger partial charge on any atom is -0.434 e. The van der Waals surface area contributed by atoms with Crippen LogP contribution in [0.3, 0.4) is 0 Å². The Morgan fingerprint density at radius 2 is 1.82 bits per heavy atom. The highest BCUT2D eigenvalue weighted by molar-refractivity contribution is 6.05. The van der Waals surface area contributed by atoms with Crippen molar-refractivity contribution in [2.45, 2.75) is 6.92 Å². The summed E-state index contributed by atoms with van der Waals surface area (Å²) < 4.78 is 5.80. The fourth-order valence-corrected chi connectivity index (χ4v) is 2.90. The molecule has 0 aliphatic carbocycles. The van der Waals surface area contributed by atoms with Gasteiger partial charge < -0.3 is 14.6 Å². The number of oxazole rings is 1. The maximum atomic E-state index is 12.6. The first-order valence-corrected chi connectivity index (χ1v) is 8.93. The van der Waals surface area contributed by atoms with Crippen LogP contribution in [-0.4, -0.2) is 30.0 Å². The molecular formula is C22H20N4O2. The first-order valence-electron chi connectivity index (χ1n) is 8.93. The van der Waals surface area contributed by atoms with E-state index >= 15 is 0 Å². The summed E-state index contributed by atoms with van der Waals surface area (Å²) in [5, 5.41) is 2.93. The molecule has 0 radical (unpaired) electrons. The van der Waals surface area contributed by atoms with Crippen LogP contribution in [-0.2, 0) is 0 Å². The molecule has 0 fully saturated rings. The molecule has 0 unspecified atom stereocenters. The molecule has 6 heteroatoms. The molecule has 0 aliphatic heterocycles. The number of aromatic nitrogens is 2. The van der Waals surface area contributed by atoms with Crippen LogP contribution in [0, 0.1) is 6.92 Å². The number of aryl methyl sites for hydroxylation is 1. The van der Waals surface area contributed by atoms with Crippen molar-refractivity contribution in [3.63, 3.8) is 0 Å². The normalized spacial score (nSPS) is 10.8. The van der Waals surface area contributed by atoms with Gasteiger partial charge in [0.25, 0.3) is 5.91 Å². The second-order valence-electron chi connectivity index (χ2n) is 6.77. The molecule has 140 valence electrons. The molecule has 1 N–H and O–H groups in total. The van der Waals surface area contributed by atoms with Gasteiger partial charge in [-0.25, -0.2) is 4.98 Å². The number of carbonyl (C=O) groups is 1. The van der Waals surface area contributed by atoms with Gasteiger partial charge in [0.15, 0.2) is 11.2 Å². The van der Waals surface area contributed by atoms with Gasteiger partial charge in [0.2, 0.25) is 5.89 Å². The maximum Gasteiger partial charge on any atom is 0.255 e. The zero-order valence-corrected chi connectivity index (χ0v) is 15.9. The molecule has 0 bridgehead atoms. The van der Waals surface area contributed by atoms with E-state index in [1.165, 1.54) is 0 Å². The average Bonchev–Trinajstić information content (AvgIpc) is 3.11. The van der Waals surface area contributed by atoms with Gasteiger partial charge in [-0.1, -0.05) is 12.1 Å². The van der Waals surface area contributed by atoms with Crippen molar-refractivity contribution >= 4 is 28.5 Å². The highest BCUT2D eigenvalue weighted by Gasteiger charge is 2.12. The Bertz CT molecular complexity index is 1160. The summed E-state index contributed by atoms with van der Waals surface area (Å²) in [6.45, 7) is 1.91. The third kappa shape index (κ3) is 3.57. The number of hydrogen-bond acceptors (Lipinski definition) is 5. The Hall–Kier alpha value is -3.67. The van der Waals surface area contributed by atoms with Crippen molar-refractivity contribution < 1.29 is 9.21 Å². The number of pyridine rings is 1. The molecular weight excluding hydrogens is 352 g/mol. The number of fused-ring (bicyclic) bond motifs is 1. The average molecular weight is 372 g/mol. The topological polar surface area (TPSA) is 71.3 Å². The van der Waals surface area contributed by atoms with Crippen LogP contribution < -0.4 is 10.2 Å². The van der Waals surface area contributed by atoms with Crippen LogP contribution in [0.5, 0.6) is 0 Å². The summed E-state index contributed by atoms with van der Waals surface area (Å²) in [7, 11) is 3.88. The number of nitrogens with zero attached hydrogens (tertiary/aromatic N) is 3.